The molecule has 0 aromatic heterocycles. The summed E-state index contributed by atoms with van der Waals surface area (Å²) in [4.78, 5) is 2.08. The lowest BCUT2D eigenvalue weighted by Gasteiger charge is -2.22. The molecule has 0 radical (unpaired) electrons. The molecule has 158 valence electrons. The molecule has 2 aromatic carbocycles. The number of hydrogen-bond donors (Lipinski definition) is 0. The largest absolute Gasteiger partial charge is 0.353 e. The Morgan fingerprint density at radius 3 is 2.38 bits per heavy atom. The molecule has 1 heterocycles. The highest BCUT2D eigenvalue weighted by Crippen LogP contribution is 2.32. The van der Waals surface area contributed by atoms with Crippen molar-refractivity contribution in [1.82, 2.24) is 0 Å². The van der Waals surface area contributed by atoms with Crippen LogP contribution in [0.1, 0.15) is 49.7 Å². The van der Waals surface area contributed by atoms with Crippen LogP contribution in [0.3, 0.4) is 0 Å². The Labute approximate surface area is 182 Å². The molecule has 3 unspecified atom stereocenters. The molecule has 0 spiro atoms. The SMILES string of the molecule is Cc1ccc(SC(CCCCOC2CCCCO2)S(=O)c2ccc(C)cc2)cc1. The minimum absolute atomic E-state index is 0.0248. The molecule has 0 aliphatic carbocycles. The second-order valence-electron chi connectivity index (χ2n) is 7.63. The van der Waals surface area contributed by atoms with E-state index >= 15 is 0 Å². The van der Waals surface area contributed by atoms with Crippen LogP contribution in [-0.4, -0.2) is 28.3 Å². The van der Waals surface area contributed by atoms with Gasteiger partial charge < -0.3 is 9.47 Å². The molecule has 0 amide bonds. The zero-order valence-corrected chi connectivity index (χ0v) is 19.1. The Bertz CT molecular complexity index is 753. The highest BCUT2D eigenvalue weighted by atomic mass is 32.2. The van der Waals surface area contributed by atoms with Crippen molar-refractivity contribution in [3.63, 3.8) is 0 Å². The summed E-state index contributed by atoms with van der Waals surface area (Å²) in [6, 6.07) is 16.6. The van der Waals surface area contributed by atoms with E-state index in [2.05, 4.69) is 38.1 Å². The quantitative estimate of drug-likeness (QED) is 0.329. The molecular formula is C24H32O3S2. The van der Waals surface area contributed by atoms with Gasteiger partial charge in [-0.2, -0.15) is 0 Å². The molecule has 3 nitrogen and oxygen atoms in total. The van der Waals surface area contributed by atoms with E-state index in [9.17, 15) is 4.21 Å². The third-order valence-corrected chi connectivity index (χ3v) is 8.36. The van der Waals surface area contributed by atoms with Crippen LogP contribution in [0.4, 0.5) is 0 Å². The molecular weight excluding hydrogens is 400 g/mol. The van der Waals surface area contributed by atoms with E-state index < -0.39 is 10.8 Å². The molecule has 1 aliphatic rings. The van der Waals surface area contributed by atoms with Crippen LogP contribution in [0.25, 0.3) is 0 Å². The third-order valence-electron chi connectivity index (χ3n) is 5.06. The first-order valence-corrected chi connectivity index (χ1v) is 12.6. The Hall–Kier alpha value is -1.14. The van der Waals surface area contributed by atoms with Crippen molar-refractivity contribution in [2.75, 3.05) is 13.2 Å². The Balaban J connectivity index is 1.55. The standard InChI is InChI=1S/C24H32O3S2/c1-19-9-13-21(14-10-19)28-24(29(25)22-15-11-20(2)12-16-22)8-4-6-18-27-23-7-3-5-17-26-23/h9-16,23-24H,3-8,17-18H2,1-2H3. The summed E-state index contributed by atoms with van der Waals surface area (Å²) in [7, 11) is -1.05. The van der Waals surface area contributed by atoms with Crippen molar-refractivity contribution in [2.45, 2.75) is 73.0 Å². The fourth-order valence-corrected chi connectivity index (χ4v) is 6.26. The molecule has 1 fully saturated rings. The minimum Gasteiger partial charge on any atom is -0.353 e. The zero-order chi connectivity index (χ0) is 20.5. The number of ether oxygens (including phenoxy) is 2. The Morgan fingerprint density at radius 1 is 1.03 bits per heavy atom. The first kappa shape index (κ1) is 22.5. The lowest BCUT2D eigenvalue weighted by Crippen LogP contribution is -2.22. The van der Waals surface area contributed by atoms with Gasteiger partial charge in [-0.05, 0) is 76.6 Å². The van der Waals surface area contributed by atoms with Crippen LogP contribution in [0.2, 0.25) is 0 Å². The van der Waals surface area contributed by atoms with Gasteiger partial charge in [0.2, 0.25) is 0 Å². The molecule has 1 aliphatic heterocycles. The van der Waals surface area contributed by atoms with Crippen LogP contribution >= 0.6 is 11.8 Å². The van der Waals surface area contributed by atoms with Crippen LogP contribution in [-0.2, 0) is 20.3 Å². The number of unbranched alkanes of at least 4 members (excludes halogenated alkanes) is 1. The van der Waals surface area contributed by atoms with Gasteiger partial charge in [-0.3, -0.25) is 4.21 Å². The Kier molecular flexibility index (Phi) is 9.25. The molecule has 2 aromatic rings. The number of benzene rings is 2. The second-order valence-corrected chi connectivity index (χ2v) is 10.8. The number of thioether (sulfide) groups is 1. The molecule has 5 heteroatoms. The van der Waals surface area contributed by atoms with Gasteiger partial charge in [0.25, 0.3) is 0 Å². The maximum atomic E-state index is 13.3. The predicted octanol–water partition coefficient (Wildman–Crippen LogP) is 6.24. The topological polar surface area (TPSA) is 35.5 Å². The normalized spacial score (nSPS) is 19.0. The van der Waals surface area contributed by atoms with Crippen molar-refractivity contribution in [3.8, 4) is 0 Å². The van der Waals surface area contributed by atoms with Crippen LogP contribution in [0, 0.1) is 13.8 Å². The molecule has 0 N–H and O–H groups in total. The molecule has 0 bridgehead atoms. The van der Waals surface area contributed by atoms with E-state index in [1.807, 2.05) is 24.3 Å². The van der Waals surface area contributed by atoms with E-state index in [4.69, 9.17) is 9.47 Å². The smallest absolute Gasteiger partial charge is 0.157 e. The first-order valence-electron chi connectivity index (χ1n) is 10.6. The summed E-state index contributed by atoms with van der Waals surface area (Å²) < 4.78 is 24.8. The maximum absolute atomic E-state index is 13.3. The highest BCUT2D eigenvalue weighted by Gasteiger charge is 2.20. The number of rotatable bonds is 10. The van der Waals surface area contributed by atoms with Crippen LogP contribution in [0.5, 0.6) is 0 Å². The molecule has 3 rings (SSSR count). The van der Waals surface area contributed by atoms with Crippen molar-refractivity contribution in [2.24, 2.45) is 0 Å². The summed E-state index contributed by atoms with van der Waals surface area (Å²) in [6.45, 7) is 5.67. The lowest BCUT2D eigenvalue weighted by molar-refractivity contribution is -0.162. The Morgan fingerprint density at radius 2 is 1.72 bits per heavy atom. The maximum Gasteiger partial charge on any atom is 0.157 e. The number of hydrogen-bond acceptors (Lipinski definition) is 4. The van der Waals surface area contributed by atoms with Crippen molar-refractivity contribution in [3.05, 3.63) is 59.7 Å². The van der Waals surface area contributed by atoms with Crippen molar-refractivity contribution >= 4 is 22.6 Å². The average Bonchev–Trinajstić information content (AvgIpc) is 2.75. The van der Waals surface area contributed by atoms with Gasteiger partial charge in [0.15, 0.2) is 6.29 Å². The summed E-state index contributed by atoms with van der Waals surface area (Å²) in [5.74, 6) is 0. The average molecular weight is 433 g/mol. The summed E-state index contributed by atoms with van der Waals surface area (Å²) >= 11 is 1.72. The highest BCUT2D eigenvalue weighted by molar-refractivity contribution is 8.11. The molecule has 29 heavy (non-hydrogen) atoms. The summed E-state index contributed by atoms with van der Waals surface area (Å²) in [6.07, 6.45) is 6.17. The van der Waals surface area contributed by atoms with Gasteiger partial charge in [-0.1, -0.05) is 35.4 Å². The molecule has 1 saturated heterocycles. The van der Waals surface area contributed by atoms with E-state index in [0.717, 1.165) is 43.6 Å². The van der Waals surface area contributed by atoms with E-state index in [1.165, 1.54) is 22.4 Å². The summed E-state index contributed by atoms with van der Waals surface area (Å²) in [5.41, 5.74) is 2.43. The monoisotopic (exact) mass is 432 g/mol. The van der Waals surface area contributed by atoms with Crippen LogP contribution in [0.15, 0.2) is 58.3 Å². The number of aryl methyl sites for hydroxylation is 2. The fourth-order valence-electron chi connectivity index (χ4n) is 3.27. The van der Waals surface area contributed by atoms with Gasteiger partial charge in [0.1, 0.15) is 0 Å². The third kappa shape index (κ3) is 7.56. The zero-order valence-electron chi connectivity index (χ0n) is 17.5. The fraction of sp³-hybridized carbons (Fsp3) is 0.500. The minimum atomic E-state index is -1.05. The van der Waals surface area contributed by atoms with Crippen molar-refractivity contribution in [1.29, 1.82) is 0 Å². The van der Waals surface area contributed by atoms with E-state index in [0.29, 0.717) is 6.61 Å². The van der Waals surface area contributed by atoms with Gasteiger partial charge in [-0.25, -0.2) is 0 Å². The van der Waals surface area contributed by atoms with Crippen LogP contribution < -0.4 is 0 Å². The van der Waals surface area contributed by atoms with E-state index in [-0.39, 0.29) is 10.9 Å². The first-order chi connectivity index (χ1) is 14.1. The second kappa shape index (κ2) is 11.9. The van der Waals surface area contributed by atoms with E-state index in [1.54, 1.807) is 11.8 Å². The van der Waals surface area contributed by atoms with Gasteiger partial charge in [-0.15, -0.1) is 11.8 Å². The lowest BCUT2D eigenvalue weighted by atomic mass is 10.2. The van der Waals surface area contributed by atoms with Crippen molar-refractivity contribution < 1.29 is 13.7 Å². The van der Waals surface area contributed by atoms with Gasteiger partial charge >= 0.3 is 0 Å². The van der Waals surface area contributed by atoms with Gasteiger partial charge in [0.05, 0.1) is 15.4 Å². The predicted molar refractivity (Wildman–Crippen MR) is 122 cm³/mol. The van der Waals surface area contributed by atoms with Gasteiger partial charge in [0, 0.05) is 23.0 Å². The summed E-state index contributed by atoms with van der Waals surface area (Å²) in [5, 5.41) is 0. The molecule has 0 saturated carbocycles. The molecule has 3 atom stereocenters.